The Kier molecular flexibility index (Phi) is 5.15. The van der Waals surface area contributed by atoms with E-state index in [4.69, 9.17) is 10.00 Å². The number of amides is 2. The van der Waals surface area contributed by atoms with E-state index in [0.29, 0.717) is 17.5 Å². The van der Waals surface area contributed by atoms with Crippen molar-refractivity contribution in [3.63, 3.8) is 0 Å². The molecule has 0 saturated carbocycles. The molecule has 0 N–H and O–H groups in total. The van der Waals surface area contributed by atoms with Crippen LogP contribution in [0.1, 0.15) is 21.5 Å². The second-order valence-electron chi connectivity index (χ2n) is 5.73. The van der Waals surface area contributed by atoms with Crippen LogP contribution < -0.4 is 0 Å². The molecule has 25 heavy (non-hydrogen) atoms. The summed E-state index contributed by atoms with van der Waals surface area (Å²) in [6, 6.07) is 18.0. The van der Waals surface area contributed by atoms with Crippen molar-refractivity contribution in [2.75, 3.05) is 6.61 Å². The van der Waals surface area contributed by atoms with Gasteiger partial charge in [-0.1, -0.05) is 58.4 Å². The van der Waals surface area contributed by atoms with Crippen LogP contribution in [0.15, 0.2) is 54.6 Å². The van der Waals surface area contributed by atoms with Crippen molar-refractivity contribution < 1.29 is 14.3 Å². The second kappa shape index (κ2) is 7.49. The molecule has 0 aliphatic carbocycles. The number of hydrogen-bond donors (Lipinski definition) is 0. The molecule has 0 spiro atoms. The van der Waals surface area contributed by atoms with Gasteiger partial charge in [0.25, 0.3) is 5.91 Å². The number of imide groups is 1. The third-order valence-electron chi connectivity index (χ3n) is 4.06. The van der Waals surface area contributed by atoms with Gasteiger partial charge in [-0.3, -0.25) is 4.79 Å². The highest BCUT2D eigenvalue weighted by Crippen LogP contribution is 2.29. The molecule has 1 aliphatic rings. The summed E-state index contributed by atoms with van der Waals surface area (Å²) in [5.41, 5.74) is 2.23. The van der Waals surface area contributed by atoms with Gasteiger partial charge < -0.3 is 4.74 Å². The Morgan fingerprint density at radius 1 is 1.24 bits per heavy atom. The number of carbonyl (C=O) groups is 2. The molecule has 1 saturated heterocycles. The largest absolute Gasteiger partial charge is 0.447 e. The molecule has 2 aromatic carbocycles. The van der Waals surface area contributed by atoms with Gasteiger partial charge in [0.15, 0.2) is 0 Å². The van der Waals surface area contributed by atoms with Crippen LogP contribution in [-0.2, 0) is 16.0 Å². The van der Waals surface area contributed by atoms with Gasteiger partial charge in [0.05, 0.1) is 17.7 Å². The van der Waals surface area contributed by atoms with E-state index in [2.05, 4.69) is 15.9 Å². The lowest BCUT2D eigenvalue weighted by atomic mass is 10.0. The van der Waals surface area contributed by atoms with Crippen LogP contribution in [-0.4, -0.2) is 29.5 Å². The fourth-order valence-electron chi connectivity index (χ4n) is 2.76. The van der Waals surface area contributed by atoms with Crippen LogP contribution in [0.25, 0.3) is 0 Å². The lowest BCUT2D eigenvalue weighted by Crippen LogP contribution is -2.41. The standard InChI is InChI=1S/C19H15BrN2O3/c20-17(15-8-6-14(11-21)7-9-15)18(23)22-16(12-25-19(22)24)10-13-4-2-1-3-5-13/h1-9,16-17H,10,12H2/t16-,17-/m0/s1. The number of rotatable bonds is 4. The molecule has 0 radical (unpaired) electrons. The van der Waals surface area contributed by atoms with Gasteiger partial charge in [0, 0.05) is 0 Å². The minimum absolute atomic E-state index is 0.187. The van der Waals surface area contributed by atoms with E-state index in [0.717, 1.165) is 5.56 Å². The van der Waals surface area contributed by atoms with Gasteiger partial charge in [0.2, 0.25) is 0 Å². The van der Waals surface area contributed by atoms with Crippen LogP contribution in [0.2, 0.25) is 0 Å². The van der Waals surface area contributed by atoms with E-state index in [1.165, 1.54) is 4.90 Å². The van der Waals surface area contributed by atoms with E-state index >= 15 is 0 Å². The maximum atomic E-state index is 12.8. The topological polar surface area (TPSA) is 70.4 Å². The van der Waals surface area contributed by atoms with Gasteiger partial charge in [-0.25, -0.2) is 9.69 Å². The summed E-state index contributed by atoms with van der Waals surface area (Å²) < 4.78 is 5.10. The zero-order chi connectivity index (χ0) is 17.8. The maximum Gasteiger partial charge on any atom is 0.417 e. The van der Waals surface area contributed by atoms with E-state index in [1.807, 2.05) is 36.4 Å². The van der Waals surface area contributed by atoms with Crippen LogP contribution in [0.5, 0.6) is 0 Å². The molecule has 1 fully saturated rings. The summed E-state index contributed by atoms with van der Waals surface area (Å²) in [5, 5.41) is 8.86. The summed E-state index contributed by atoms with van der Waals surface area (Å²) in [4.78, 5) is 25.4. The SMILES string of the molecule is N#Cc1ccc([C@H](Br)C(=O)N2C(=O)OC[C@@H]2Cc2ccccc2)cc1. The van der Waals surface area contributed by atoms with Crippen molar-refractivity contribution in [1.29, 1.82) is 5.26 Å². The van der Waals surface area contributed by atoms with E-state index in [1.54, 1.807) is 24.3 Å². The number of cyclic esters (lactones) is 1. The molecular weight excluding hydrogens is 384 g/mol. The van der Waals surface area contributed by atoms with E-state index in [9.17, 15) is 9.59 Å². The van der Waals surface area contributed by atoms with Crippen LogP contribution in [0.4, 0.5) is 4.79 Å². The first-order valence-electron chi connectivity index (χ1n) is 7.78. The quantitative estimate of drug-likeness (QED) is 0.737. The first-order chi connectivity index (χ1) is 12.1. The van der Waals surface area contributed by atoms with Gasteiger partial charge in [-0.2, -0.15) is 5.26 Å². The number of alkyl halides is 1. The number of nitrogens with zero attached hydrogens (tertiary/aromatic N) is 2. The van der Waals surface area contributed by atoms with Crippen molar-refractivity contribution in [3.05, 3.63) is 71.3 Å². The fraction of sp³-hybridized carbons (Fsp3) is 0.211. The highest BCUT2D eigenvalue weighted by Gasteiger charge is 2.40. The normalized spacial score (nSPS) is 17.7. The van der Waals surface area contributed by atoms with E-state index in [-0.39, 0.29) is 18.6 Å². The molecule has 6 heteroatoms. The van der Waals surface area contributed by atoms with Crippen molar-refractivity contribution in [2.24, 2.45) is 0 Å². The minimum Gasteiger partial charge on any atom is -0.447 e. The number of ether oxygens (including phenoxy) is 1. The van der Waals surface area contributed by atoms with Crippen LogP contribution in [0, 0.1) is 11.3 Å². The molecule has 5 nitrogen and oxygen atoms in total. The smallest absolute Gasteiger partial charge is 0.417 e. The number of halogens is 1. The number of benzene rings is 2. The molecule has 1 aliphatic heterocycles. The zero-order valence-electron chi connectivity index (χ0n) is 13.3. The Morgan fingerprint density at radius 2 is 1.92 bits per heavy atom. The third-order valence-corrected chi connectivity index (χ3v) is 4.98. The molecule has 0 bridgehead atoms. The summed E-state index contributed by atoms with van der Waals surface area (Å²) in [6.07, 6.45) is -0.0742. The number of hydrogen-bond acceptors (Lipinski definition) is 4. The molecule has 2 atom stereocenters. The Balaban J connectivity index is 1.78. The second-order valence-corrected chi connectivity index (χ2v) is 6.64. The highest BCUT2D eigenvalue weighted by molar-refractivity contribution is 9.09. The lowest BCUT2D eigenvalue weighted by molar-refractivity contribution is -0.128. The third kappa shape index (κ3) is 3.72. The van der Waals surface area contributed by atoms with Gasteiger partial charge in [0.1, 0.15) is 11.4 Å². The monoisotopic (exact) mass is 398 g/mol. The summed E-state index contributed by atoms with van der Waals surface area (Å²) in [6.45, 7) is 0.187. The maximum absolute atomic E-state index is 12.8. The van der Waals surface area contributed by atoms with Crippen molar-refractivity contribution in [2.45, 2.75) is 17.3 Å². The average Bonchev–Trinajstić information content (AvgIpc) is 3.01. The zero-order valence-corrected chi connectivity index (χ0v) is 14.8. The lowest BCUT2D eigenvalue weighted by Gasteiger charge is -2.22. The molecule has 126 valence electrons. The van der Waals surface area contributed by atoms with Gasteiger partial charge in [-0.15, -0.1) is 0 Å². The Bertz CT molecular complexity index is 815. The molecular formula is C19H15BrN2O3. The Hall–Kier alpha value is -2.65. The van der Waals surface area contributed by atoms with Gasteiger partial charge >= 0.3 is 6.09 Å². The molecule has 2 amide bonds. The molecule has 2 aromatic rings. The Morgan fingerprint density at radius 3 is 2.56 bits per heavy atom. The Labute approximate surface area is 153 Å². The van der Waals surface area contributed by atoms with Crippen LogP contribution in [0.3, 0.4) is 0 Å². The van der Waals surface area contributed by atoms with Crippen molar-refractivity contribution in [3.8, 4) is 6.07 Å². The number of carbonyl (C=O) groups excluding carboxylic acids is 2. The fourth-order valence-corrected chi connectivity index (χ4v) is 3.28. The molecule has 1 heterocycles. The summed E-state index contributed by atoms with van der Waals surface area (Å²) >= 11 is 3.37. The first-order valence-corrected chi connectivity index (χ1v) is 8.69. The van der Waals surface area contributed by atoms with Crippen molar-refractivity contribution >= 4 is 27.9 Å². The average molecular weight is 399 g/mol. The molecule has 0 aromatic heterocycles. The predicted molar refractivity (Wildman–Crippen MR) is 95.0 cm³/mol. The molecule has 0 unspecified atom stereocenters. The predicted octanol–water partition coefficient (Wildman–Crippen LogP) is 3.58. The highest BCUT2D eigenvalue weighted by atomic mass is 79.9. The summed E-state index contributed by atoms with van der Waals surface area (Å²) in [5.74, 6) is -0.367. The van der Waals surface area contributed by atoms with E-state index < -0.39 is 10.9 Å². The van der Waals surface area contributed by atoms with Crippen LogP contribution >= 0.6 is 15.9 Å². The molecule has 3 rings (SSSR count). The van der Waals surface area contributed by atoms with Gasteiger partial charge in [-0.05, 0) is 29.7 Å². The number of nitriles is 1. The summed E-state index contributed by atoms with van der Waals surface area (Å²) in [7, 11) is 0. The first kappa shape index (κ1) is 17.2. The van der Waals surface area contributed by atoms with Crippen molar-refractivity contribution in [1.82, 2.24) is 4.90 Å². The minimum atomic E-state index is -0.677.